The summed E-state index contributed by atoms with van der Waals surface area (Å²) >= 11 is 1.80. The van der Waals surface area contributed by atoms with Crippen molar-refractivity contribution in [3.63, 3.8) is 0 Å². The maximum Gasteiger partial charge on any atom is 0.236 e. The Bertz CT molecular complexity index is 399. The van der Waals surface area contributed by atoms with Crippen LogP contribution in [0.25, 0.3) is 0 Å². The van der Waals surface area contributed by atoms with Crippen molar-refractivity contribution in [3.8, 4) is 0 Å². The second-order valence-electron chi connectivity index (χ2n) is 4.76. The molecular formula is C14H20N2OS. The first-order valence-corrected chi connectivity index (χ1v) is 7.45. The number of carbonyl (C=O) groups excluding carboxylic acids is 1. The van der Waals surface area contributed by atoms with E-state index in [2.05, 4.69) is 0 Å². The van der Waals surface area contributed by atoms with Gasteiger partial charge in [0.25, 0.3) is 0 Å². The summed E-state index contributed by atoms with van der Waals surface area (Å²) in [7, 11) is 1.82. The lowest BCUT2D eigenvalue weighted by Gasteiger charge is -2.18. The van der Waals surface area contributed by atoms with Crippen LogP contribution in [0.3, 0.4) is 0 Å². The molecule has 0 atom stereocenters. The second-order valence-corrected chi connectivity index (χ2v) is 6.05. The summed E-state index contributed by atoms with van der Waals surface area (Å²) in [6.45, 7) is 0. The van der Waals surface area contributed by atoms with E-state index in [1.807, 2.05) is 31.3 Å². The molecule has 2 N–H and O–H groups in total. The molecule has 18 heavy (non-hydrogen) atoms. The van der Waals surface area contributed by atoms with Gasteiger partial charge in [-0.1, -0.05) is 12.8 Å². The molecule has 0 unspecified atom stereocenters. The summed E-state index contributed by atoms with van der Waals surface area (Å²) < 4.78 is 0. The number of hydrogen-bond acceptors (Lipinski definition) is 3. The van der Waals surface area contributed by atoms with Crippen molar-refractivity contribution in [3.05, 3.63) is 24.3 Å². The Hall–Kier alpha value is -1.16. The molecule has 0 aliphatic heterocycles. The zero-order chi connectivity index (χ0) is 13.0. The van der Waals surface area contributed by atoms with Crippen molar-refractivity contribution in [2.45, 2.75) is 30.9 Å². The van der Waals surface area contributed by atoms with Gasteiger partial charge in [0.2, 0.25) is 5.91 Å². The average molecular weight is 264 g/mol. The topological polar surface area (TPSA) is 46.3 Å². The van der Waals surface area contributed by atoms with E-state index >= 15 is 0 Å². The Labute approximate surface area is 113 Å². The molecule has 1 aliphatic carbocycles. The van der Waals surface area contributed by atoms with Gasteiger partial charge in [-0.2, -0.15) is 0 Å². The maximum atomic E-state index is 12.1. The van der Waals surface area contributed by atoms with Gasteiger partial charge in [0.1, 0.15) is 0 Å². The molecule has 0 aromatic heterocycles. The van der Waals surface area contributed by atoms with E-state index in [0.29, 0.717) is 11.0 Å². The van der Waals surface area contributed by atoms with Gasteiger partial charge >= 0.3 is 0 Å². The second kappa shape index (κ2) is 6.14. The molecule has 1 amide bonds. The largest absolute Gasteiger partial charge is 0.399 e. The summed E-state index contributed by atoms with van der Waals surface area (Å²) in [6, 6.07) is 7.41. The van der Waals surface area contributed by atoms with Gasteiger partial charge in [0, 0.05) is 23.7 Å². The number of anilines is 2. The highest BCUT2D eigenvalue weighted by Gasteiger charge is 2.18. The molecule has 98 valence electrons. The van der Waals surface area contributed by atoms with E-state index in [0.717, 1.165) is 11.4 Å². The molecule has 0 saturated heterocycles. The van der Waals surface area contributed by atoms with Gasteiger partial charge in [-0.3, -0.25) is 4.79 Å². The minimum absolute atomic E-state index is 0.164. The van der Waals surface area contributed by atoms with Crippen molar-refractivity contribution in [1.29, 1.82) is 0 Å². The maximum absolute atomic E-state index is 12.1. The van der Waals surface area contributed by atoms with Crippen LogP contribution >= 0.6 is 11.8 Å². The van der Waals surface area contributed by atoms with Crippen LogP contribution in [0.5, 0.6) is 0 Å². The molecule has 4 heteroatoms. The highest BCUT2D eigenvalue weighted by atomic mass is 32.2. The monoisotopic (exact) mass is 264 g/mol. The Morgan fingerprint density at radius 3 is 2.56 bits per heavy atom. The van der Waals surface area contributed by atoms with Crippen LogP contribution in [0.2, 0.25) is 0 Å². The van der Waals surface area contributed by atoms with Crippen LogP contribution in [0.15, 0.2) is 24.3 Å². The number of nitrogen functional groups attached to an aromatic ring is 1. The summed E-state index contributed by atoms with van der Waals surface area (Å²) in [5.74, 6) is 0.739. The first-order valence-electron chi connectivity index (χ1n) is 6.40. The molecule has 0 heterocycles. The van der Waals surface area contributed by atoms with Crippen LogP contribution in [0, 0.1) is 0 Å². The third-order valence-corrected chi connectivity index (χ3v) is 4.76. The number of amides is 1. The van der Waals surface area contributed by atoms with E-state index in [1.165, 1.54) is 25.7 Å². The minimum atomic E-state index is 0.164. The third kappa shape index (κ3) is 3.42. The molecule has 1 fully saturated rings. The summed E-state index contributed by atoms with van der Waals surface area (Å²) in [6.07, 6.45) is 5.17. The normalized spacial score (nSPS) is 15.8. The Morgan fingerprint density at radius 2 is 1.94 bits per heavy atom. The summed E-state index contributed by atoms with van der Waals surface area (Å²) in [5, 5.41) is 0.689. The zero-order valence-corrected chi connectivity index (χ0v) is 11.6. The van der Waals surface area contributed by atoms with E-state index < -0.39 is 0 Å². The summed E-state index contributed by atoms with van der Waals surface area (Å²) in [5.41, 5.74) is 7.26. The molecule has 1 aromatic rings. The molecule has 1 saturated carbocycles. The fourth-order valence-corrected chi connectivity index (χ4v) is 3.42. The van der Waals surface area contributed by atoms with E-state index in [4.69, 9.17) is 5.73 Å². The highest BCUT2D eigenvalue weighted by molar-refractivity contribution is 8.00. The number of nitrogens with zero attached hydrogens (tertiary/aromatic N) is 1. The van der Waals surface area contributed by atoms with E-state index in [-0.39, 0.29) is 5.91 Å². The number of carbonyl (C=O) groups is 1. The van der Waals surface area contributed by atoms with E-state index in [1.54, 1.807) is 16.7 Å². The molecular weight excluding hydrogens is 244 g/mol. The molecule has 1 aromatic carbocycles. The molecule has 0 radical (unpaired) electrons. The standard InChI is InChI=1S/C14H20N2OS/c1-16(12-8-6-11(15)7-9-12)14(17)10-18-13-4-2-3-5-13/h6-9,13H,2-5,10,15H2,1H3. The molecule has 0 spiro atoms. The van der Waals surface area contributed by atoms with Crippen molar-refractivity contribution < 1.29 is 4.79 Å². The van der Waals surface area contributed by atoms with Crippen LogP contribution in [0.4, 0.5) is 11.4 Å². The lowest BCUT2D eigenvalue weighted by atomic mass is 10.2. The van der Waals surface area contributed by atoms with Gasteiger partial charge in [0.15, 0.2) is 0 Å². The van der Waals surface area contributed by atoms with Crippen molar-refractivity contribution in [1.82, 2.24) is 0 Å². The minimum Gasteiger partial charge on any atom is -0.399 e. The van der Waals surface area contributed by atoms with Gasteiger partial charge in [-0.25, -0.2) is 0 Å². The number of thioether (sulfide) groups is 1. The van der Waals surface area contributed by atoms with Gasteiger partial charge in [0.05, 0.1) is 5.75 Å². The van der Waals surface area contributed by atoms with Crippen molar-refractivity contribution >= 4 is 29.0 Å². The van der Waals surface area contributed by atoms with Crippen molar-refractivity contribution in [2.24, 2.45) is 0 Å². The van der Waals surface area contributed by atoms with Gasteiger partial charge in [-0.15, -0.1) is 11.8 Å². The predicted molar refractivity (Wildman–Crippen MR) is 79.0 cm³/mol. The zero-order valence-electron chi connectivity index (χ0n) is 10.8. The predicted octanol–water partition coefficient (Wildman–Crippen LogP) is 2.91. The third-order valence-electron chi connectivity index (χ3n) is 3.40. The molecule has 0 bridgehead atoms. The Kier molecular flexibility index (Phi) is 4.53. The van der Waals surface area contributed by atoms with Gasteiger partial charge < -0.3 is 10.6 Å². The van der Waals surface area contributed by atoms with Gasteiger partial charge in [-0.05, 0) is 37.1 Å². The quantitative estimate of drug-likeness (QED) is 0.851. The van der Waals surface area contributed by atoms with Crippen LogP contribution in [0.1, 0.15) is 25.7 Å². The first-order chi connectivity index (χ1) is 8.66. The smallest absolute Gasteiger partial charge is 0.236 e. The SMILES string of the molecule is CN(C(=O)CSC1CCCC1)c1ccc(N)cc1. The molecule has 3 nitrogen and oxygen atoms in total. The van der Waals surface area contributed by atoms with Crippen LogP contribution in [-0.2, 0) is 4.79 Å². The average Bonchev–Trinajstić information content (AvgIpc) is 2.89. The molecule has 1 aliphatic rings. The fraction of sp³-hybridized carbons (Fsp3) is 0.500. The first kappa shape index (κ1) is 13.3. The molecule has 2 rings (SSSR count). The van der Waals surface area contributed by atoms with Crippen LogP contribution < -0.4 is 10.6 Å². The number of hydrogen-bond donors (Lipinski definition) is 1. The highest BCUT2D eigenvalue weighted by Crippen LogP contribution is 2.29. The van der Waals surface area contributed by atoms with E-state index in [9.17, 15) is 4.79 Å². The van der Waals surface area contributed by atoms with Crippen LogP contribution in [-0.4, -0.2) is 24.0 Å². The fourth-order valence-electron chi connectivity index (χ4n) is 2.18. The Morgan fingerprint density at radius 1 is 1.33 bits per heavy atom. The number of rotatable bonds is 4. The lowest BCUT2D eigenvalue weighted by Crippen LogP contribution is -2.28. The summed E-state index contributed by atoms with van der Waals surface area (Å²) in [4.78, 5) is 13.8. The number of nitrogens with two attached hydrogens (primary N) is 1. The Balaban J connectivity index is 1.85. The van der Waals surface area contributed by atoms with Crippen molar-refractivity contribution in [2.75, 3.05) is 23.4 Å². The number of benzene rings is 1. The lowest BCUT2D eigenvalue weighted by molar-refractivity contribution is -0.115.